The largest absolute Gasteiger partial charge is 0.381 e. The number of likely N-dealkylation sites (N-methyl/N-ethyl adjacent to an activating group) is 1. The molecule has 0 aromatic heterocycles. The smallest absolute Gasteiger partial charge is 0.0626 e. The molecule has 1 aliphatic rings. The van der Waals surface area contributed by atoms with Crippen molar-refractivity contribution < 1.29 is 9.47 Å². The number of rotatable bonds is 6. The van der Waals surface area contributed by atoms with Gasteiger partial charge in [0.2, 0.25) is 0 Å². The maximum Gasteiger partial charge on any atom is 0.0626 e. The second kappa shape index (κ2) is 7.34. The lowest BCUT2D eigenvalue weighted by atomic mass is 9.92. The van der Waals surface area contributed by atoms with E-state index in [1.54, 1.807) is 0 Å². The van der Waals surface area contributed by atoms with E-state index >= 15 is 0 Å². The van der Waals surface area contributed by atoms with Gasteiger partial charge in [0, 0.05) is 19.3 Å². The zero-order valence-electron chi connectivity index (χ0n) is 11.9. The lowest BCUT2D eigenvalue weighted by molar-refractivity contribution is -0.0206. The highest BCUT2D eigenvalue weighted by molar-refractivity contribution is 4.74. The van der Waals surface area contributed by atoms with E-state index in [2.05, 4.69) is 33.0 Å². The van der Waals surface area contributed by atoms with E-state index in [-0.39, 0.29) is 5.60 Å². The van der Waals surface area contributed by atoms with Crippen LogP contribution in [-0.2, 0) is 9.47 Å². The minimum absolute atomic E-state index is 0.0383. The molecule has 0 amide bonds. The monoisotopic (exact) mass is 243 g/mol. The van der Waals surface area contributed by atoms with Gasteiger partial charge < -0.3 is 14.8 Å². The summed E-state index contributed by atoms with van der Waals surface area (Å²) in [6, 6.07) is 0.488. The van der Waals surface area contributed by atoms with Crippen molar-refractivity contribution in [3.8, 4) is 0 Å². The fraction of sp³-hybridized carbons (Fsp3) is 1.00. The third-order valence-corrected chi connectivity index (χ3v) is 3.17. The Labute approximate surface area is 106 Å². The second-order valence-electron chi connectivity index (χ2n) is 5.97. The molecule has 1 heterocycles. The molecule has 0 saturated carbocycles. The van der Waals surface area contributed by atoms with E-state index in [0.717, 1.165) is 32.3 Å². The topological polar surface area (TPSA) is 30.5 Å². The summed E-state index contributed by atoms with van der Waals surface area (Å²) in [5, 5.41) is 3.54. The first kappa shape index (κ1) is 14.9. The van der Waals surface area contributed by atoms with E-state index in [9.17, 15) is 0 Å². The van der Waals surface area contributed by atoms with Gasteiger partial charge in [-0.2, -0.15) is 0 Å². The predicted octanol–water partition coefficient (Wildman–Crippen LogP) is 2.60. The molecule has 1 atom stereocenters. The summed E-state index contributed by atoms with van der Waals surface area (Å²) < 4.78 is 11.3. The third-order valence-electron chi connectivity index (χ3n) is 3.17. The van der Waals surface area contributed by atoms with Gasteiger partial charge in [0.25, 0.3) is 0 Å². The predicted molar refractivity (Wildman–Crippen MR) is 71.3 cm³/mol. The molecule has 1 fully saturated rings. The molecule has 3 nitrogen and oxygen atoms in total. The molecule has 1 saturated heterocycles. The van der Waals surface area contributed by atoms with Crippen LogP contribution in [0.3, 0.4) is 0 Å². The Bertz CT molecular complexity index is 195. The molecule has 0 bridgehead atoms. The molecule has 0 spiro atoms. The number of hydrogen-bond donors (Lipinski definition) is 1. The molecule has 1 aliphatic heterocycles. The van der Waals surface area contributed by atoms with Gasteiger partial charge >= 0.3 is 0 Å². The minimum atomic E-state index is -0.0383. The fourth-order valence-electron chi connectivity index (χ4n) is 2.23. The molecule has 3 heteroatoms. The summed E-state index contributed by atoms with van der Waals surface area (Å²) in [6.45, 7) is 12.2. The third kappa shape index (κ3) is 7.02. The van der Waals surface area contributed by atoms with Crippen LogP contribution in [-0.4, -0.2) is 38.0 Å². The van der Waals surface area contributed by atoms with E-state index in [4.69, 9.17) is 9.47 Å². The van der Waals surface area contributed by atoms with Crippen molar-refractivity contribution in [3.05, 3.63) is 0 Å². The number of ether oxygens (including phenoxy) is 2. The minimum Gasteiger partial charge on any atom is -0.381 e. The molecule has 17 heavy (non-hydrogen) atoms. The van der Waals surface area contributed by atoms with Gasteiger partial charge in [-0.05, 0) is 52.5 Å². The quantitative estimate of drug-likeness (QED) is 0.778. The molecule has 0 aromatic rings. The van der Waals surface area contributed by atoms with Crippen LogP contribution in [0, 0.1) is 5.92 Å². The second-order valence-corrected chi connectivity index (χ2v) is 5.97. The van der Waals surface area contributed by atoms with Crippen molar-refractivity contribution in [3.63, 3.8) is 0 Å². The highest BCUT2D eigenvalue weighted by Gasteiger charge is 2.20. The van der Waals surface area contributed by atoms with Crippen LogP contribution in [0.4, 0.5) is 0 Å². The molecular formula is C14H29NO2. The Kier molecular flexibility index (Phi) is 6.45. The Morgan fingerprint density at radius 1 is 1.29 bits per heavy atom. The van der Waals surface area contributed by atoms with Gasteiger partial charge in [0.15, 0.2) is 0 Å². The SMILES string of the molecule is CCNC(COC(C)(C)C)CC1CCOCC1. The number of hydrogen-bond acceptors (Lipinski definition) is 3. The Hall–Kier alpha value is -0.120. The maximum atomic E-state index is 5.89. The molecule has 0 radical (unpaired) electrons. The van der Waals surface area contributed by atoms with Crippen molar-refractivity contribution >= 4 is 0 Å². The van der Waals surface area contributed by atoms with Gasteiger partial charge in [-0.1, -0.05) is 6.92 Å². The summed E-state index contributed by atoms with van der Waals surface area (Å²) >= 11 is 0. The molecule has 0 aliphatic carbocycles. The van der Waals surface area contributed by atoms with Crippen molar-refractivity contribution in [2.75, 3.05) is 26.4 Å². The normalized spacial score (nSPS) is 20.5. The fourth-order valence-corrected chi connectivity index (χ4v) is 2.23. The van der Waals surface area contributed by atoms with Crippen molar-refractivity contribution in [2.24, 2.45) is 5.92 Å². The van der Waals surface area contributed by atoms with Crippen LogP contribution in [0.2, 0.25) is 0 Å². The maximum absolute atomic E-state index is 5.89. The lowest BCUT2D eigenvalue weighted by Crippen LogP contribution is -2.38. The standard InChI is InChI=1S/C14H29NO2/c1-5-15-13(11-17-14(2,3)4)10-12-6-8-16-9-7-12/h12-13,15H,5-11H2,1-4H3. The van der Waals surface area contributed by atoms with Crippen LogP contribution in [0.5, 0.6) is 0 Å². The van der Waals surface area contributed by atoms with Crippen LogP contribution in [0.15, 0.2) is 0 Å². The van der Waals surface area contributed by atoms with E-state index in [1.165, 1.54) is 19.3 Å². The molecule has 102 valence electrons. The van der Waals surface area contributed by atoms with Crippen LogP contribution >= 0.6 is 0 Å². The average molecular weight is 243 g/mol. The summed E-state index contributed by atoms with van der Waals surface area (Å²) in [6.07, 6.45) is 3.63. The van der Waals surface area contributed by atoms with Crippen molar-refractivity contribution in [2.45, 2.75) is 58.6 Å². The van der Waals surface area contributed by atoms with Crippen LogP contribution in [0.1, 0.15) is 47.0 Å². The van der Waals surface area contributed by atoms with Gasteiger partial charge in [-0.15, -0.1) is 0 Å². The summed E-state index contributed by atoms with van der Waals surface area (Å²) in [5.41, 5.74) is -0.0383. The zero-order chi connectivity index (χ0) is 12.7. The van der Waals surface area contributed by atoms with Gasteiger partial charge in [0.1, 0.15) is 0 Å². The van der Waals surface area contributed by atoms with Gasteiger partial charge in [-0.25, -0.2) is 0 Å². The van der Waals surface area contributed by atoms with E-state index in [1.807, 2.05) is 0 Å². The summed E-state index contributed by atoms with van der Waals surface area (Å²) in [5.74, 6) is 0.802. The van der Waals surface area contributed by atoms with Crippen molar-refractivity contribution in [1.29, 1.82) is 0 Å². The summed E-state index contributed by atoms with van der Waals surface area (Å²) in [4.78, 5) is 0. The molecule has 1 N–H and O–H groups in total. The van der Waals surface area contributed by atoms with E-state index < -0.39 is 0 Å². The molecule has 1 unspecified atom stereocenters. The van der Waals surface area contributed by atoms with Crippen LogP contribution in [0.25, 0.3) is 0 Å². The average Bonchev–Trinajstić information content (AvgIpc) is 2.27. The van der Waals surface area contributed by atoms with Crippen LogP contribution < -0.4 is 5.32 Å². The van der Waals surface area contributed by atoms with E-state index in [0.29, 0.717) is 6.04 Å². The first-order valence-electron chi connectivity index (χ1n) is 6.96. The highest BCUT2D eigenvalue weighted by Crippen LogP contribution is 2.21. The number of nitrogens with one attached hydrogen (secondary N) is 1. The Balaban J connectivity index is 2.31. The summed E-state index contributed by atoms with van der Waals surface area (Å²) in [7, 11) is 0. The molecular weight excluding hydrogens is 214 g/mol. The van der Waals surface area contributed by atoms with Gasteiger partial charge in [0.05, 0.1) is 12.2 Å². The van der Waals surface area contributed by atoms with Gasteiger partial charge in [-0.3, -0.25) is 0 Å². The van der Waals surface area contributed by atoms with Crippen molar-refractivity contribution in [1.82, 2.24) is 5.32 Å². The highest BCUT2D eigenvalue weighted by atomic mass is 16.5. The zero-order valence-corrected chi connectivity index (χ0v) is 11.9. The first-order valence-corrected chi connectivity index (χ1v) is 6.96. The lowest BCUT2D eigenvalue weighted by Gasteiger charge is -2.29. The first-order chi connectivity index (χ1) is 8.01. The Morgan fingerprint density at radius 2 is 1.94 bits per heavy atom. The molecule has 0 aromatic carbocycles. The molecule has 1 rings (SSSR count). The Morgan fingerprint density at radius 3 is 2.47 bits per heavy atom.